The number of furan rings is 1. The number of fused-ring (bicyclic) bond motifs is 2. The van der Waals surface area contributed by atoms with Crippen LogP contribution < -0.4 is 14.4 Å². The van der Waals surface area contributed by atoms with E-state index < -0.39 is 27.7 Å². The van der Waals surface area contributed by atoms with Crippen LogP contribution in [0.25, 0.3) is 33.6 Å². The second-order valence-corrected chi connectivity index (χ2v) is 12.6. The fourth-order valence-corrected chi connectivity index (χ4v) is 5.58. The summed E-state index contributed by atoms with van der Waals surface area (Å²) in [5, 5.41) is 3.09. The molecule has 0 atom stereocenters. The van der Waals surface area contributed by atoms with Crippen LogP contribution in [0.15, 0.2) is 71.3 Å². The average Bonchev–Trinajstić information content (AvgIpc) is 3.40. The monoisotopic (exact) mass is 629 g/mol. The minimum absolute atomic E-state index is 0.00739. The highest BCUT2D eigenvalue weighted by atomic mass is 32.2. The lowest BCUT2D eigenvalue weighted by molar-refractivity contribution is 0.0484. The van der Waals surface area contributed by atoms with E-state index >= 15 is 0 Å². The summed E-state index contributed by atoms with van der Waals surface area (Å²) in [4.78, 5) is 36.8. The zero-order chi connectivity index (χ0) is 32.0. The number of halogens is 1. The molecule has 2 amide bonds. The van der Waals surface area contributed by atoms with Crippen LogP contribution in [0, 0.1) is 12.7 Å². The summed E-state index contributed by atoms with van der Waals surface area (Å²) in [5.74, 6) is -0.763. The second-order valence-electron chi connectivity index (χ2n) is 10.6. The van der Waals surface area contributed by atoms with Crippen molar-refractivity contribution in [2.45, 2.75) is 13.5 Å². The highest BCUT2D eigenvalue weighted by molar-refractivity contribution is 7.92. The molecule has 0 saturated carbocycles. The molecule has 2 aromatic carbocycles. The maximum atomic E-state index is 13.5. The first-order chi connectivity index (χ1) is 21.4. The lowest BCUT2D eigenvalue weighted by atomic mass is 10.00. The SMILES string of the molecule is CNC(=O)c1c(-c2ccc(C)cc2)oc2cc(N(C)S(C)(=O)=O)c(-c3ccc4c(n3)C(=O)N(Cc3ccc(F)cn3)CO4)cc12. The summed E-state index contributed by atoms with van der Waals surface area (Å²) >= 11 is 0. The largest absolute Gasteiger partial charge is 0.471 e. The maximum Gasteiger partial charge on any atom is 0.279 e. The molecule has 0 unspecified atom stereocenters. The first kappa shape index (κ1) is 29.8. The molecule has 3 aromatic heterocycles. The number of pyridine rings is 2. The van der Waals surface area contributed by atoms with Gasteiger partial charge in [-0.25, -0.2) is 17.8 Å². The quantitative estimate of drug-likeness (QED) is 0.273. The van der Waals surface area contributed by atoms with Crippen molar-refractivity contribution in [2.75, 3.05) is 31.4 Å². The van der Waals surface area contributed by atoms with Gasteiger partial charge in [0.15, 0.2) is 18.2 Å². The molecule has 230 valence electrons. The highest BCUT2D eigenvalue weighted by Crippen LogP contribution is 2.41. The molecule has 1 N–H and O–H groups in total. The third-order valence-corrected chi connectivity index (χ3v) is 8.74. The second kappa shape index (κ2) is 11.3. The Morgan fingerprint density at radius 1 is 1.11 bits per heavy atom. The van der Waals surface area contributed by atoms with E-state index in [1.807, 2.05) is 31.2 Å². The summed E-state index contributed by atoms with van der Waals surface area (Å²) < 4.78 is 51.9. The van der Waals surface area contributed by atoms with Crippen LogP contribution >= 0.6 is 0 Å². The molecule has 4 heterocycles. The number of carbonyl (C=O) groups is 2. The van der Waals surface area contributed by atoms with E-state index in [1.165, 1.54) is 31.1 Å². The van der Waals surface area contributed by atoms with Gasteiger partial charge in [-0.3, -0.25) is 23.8 Å². The molecule has 0 bridgehead atoms. The third kappa shape index (κ3) is 5.57. The Morgan fingerprint density at radius 2 is 1.87 bits per heavy atom. The molecule has 6 rings (SSSR count). The molecule has 5 aromatic rings. The van der Waals surface area contributed by atoms with Crippen LogP contribution in [0.4, 0.5) is 10.1 Å². The molecular weight excluding hydrogens is 601 g/mol. The Hall–Kier alpha value is -5.30. The number of rotatable bonds is 7. The number of anilines is 1. The Kier molecular flexibility index (Phi) is 7.49. The van der Waals surface area contributed by atoms with E-state index in [9.17, 15) is 22.4 Å². The molecule has 45 heavy (non-hydrogen) atoms. The fourth-order valence-electron chi connectivity index (χ4n) is 5.07. The summed E-state index contributed by atoms with van der Waals surface area (Å²) in [6.45, 7) is 1.94. The van der Waals surface area contributed by atoms with E-state index in [1.54, 1.807) is 24.3 Å². The maximum absolute atomic E-state index is 13.5. The minimum atomic E-state index is -3.76. The molecule has 1 aliphatic heterocycles. The van der Waals surface area contributed by atoms with Gasteiger partial charge in [-0.2, -0.15) is 0 Å². The molecule has 0 saturated heterocycles. The third-order valence-electron chi connectivity index (χ3n) is 7.55. The molecule has 0 spiro atoms. The van der Waals surface area contributed by atoms with Crippen molar-refractivity contribution in [2.24, 2.45) is 0 Å². The summed E-state index contributed by atoms with van der Waals surface area (Å²) in [7, 11) is -0.853. The summed E-state index contributed by atoms with van der Waals surface area (Å²) in [6.07, 6.45) is 2.13. The van der Waals surface area contributed by atoms with Gasteiger partial charge in [-0.15, -0.1) is 0 Å². The minimum Gasteiger partial charge on any atom is -0.471 e. The van der Waals surface area contributed by atoms with E-state index in [0.29, 0.717) is 28.0 Å². The van der Waals surface area contributed by atoms with Crippen molar-refractivity contribution in [3.63, 3.8) is 0 Å². The number of aryl methyl sites for hydroxylation is 1. The number of carbonyl (C=O) groups excluding carboxylic acids is 2. The van der Waals surface area contributed by atoms with Gasteiger partial charge in [0.2, 0.25) is 10.0 Å². The number of hydrogen-bond donors (Lipinski definition) is 1. The van der Waals surface area contributed by atoms with Gasteiger partial charge in [-0.05, 0) is 37.3 Å². The van der Waals surface area contributed by atoms with Crippen LogP contribution in [-0.4, -0.2) is 62.2 Å². The van der Waals surface area contributed by atoms with Gasteiger partial charge >= 0.3 is 0 Å². The van der Waals surface area contributed by atoms with Crippen molar-refractivity contribution in [3.8, 4) is 28.3 Å². The van der Waals surface area contributed by atoms with Gasteiger partial charge < -0.3 is 14.5 Å². The molecular formula is C32H28FN5O6S. The Morgan fingerprint density at radius 3 is 2.53 bits per heavy atom. The van der Waals surface area contributed by atoms with Crippen molar-refractivity contribution >= 4 is 38.5 Å². The number of amides is 2. The lowest BCUT2D eigenvalue weighted by Gasteiger charge is -2.28. The smallest absolute Gasteiger partial charge is 0.279 e. The van der Waals surface area contributed by atoms with Crippen molar-refractivity contribution in [1.82, 2.24) is 20.2 Å². The predicted octanol–water partition coefficient (Wildman–Crippen LogP) is 4.75. The van der Waals surface area contributed by atoms with Crippen LogP contribution in [0.1, 0.15) is 32.1 Å². The fraction of sp³-hybridized carbons (Fsp3) is 0.188. The van der Waals surface area contributed by atoms with Gasteiger partial charge in [0, 0.05) is 36.7 Å². The molecule has 0 aliphatic carbocycles. The molecule has 0 radical (unpaired) electrons. The van der Waals surface area contributed by atoms with Gasteiger partial charge in [0.25, 0.3) is 11.8 Å². The van der Waals surface area contributed by atoms with Gasteiger partial charge in [-0.1, -0.05) is 29.8 Å². The van der Waals surface area contributed by atoms with Crippen molar-refractivity contribution in [3.05, 3.63) is 95.2 Å². The molecule has 11 nitrogen and oxygen atoms in total. The average molecular weight is 630 g/mol. The number of nitrogens with zero attached hydrogens (tertiary/aromatic N) is 4. The van der Waals surface area contributed by atoms with Crippen LogP contribution in [0.5, 0.6) is 5.75 Å². The Bertz CT molecular complexity index is 2080. The van der Waals surface area contributed by atoms with Gasteiger partial charge in [0.05, 0.1) is 41.6 Å². The van der Waals surface area contributed by atoms with E-state index in [4.69, 9.17) is 9.15 Å². The predicted molar refractivity (Wildman–Crippen MR) is 166 cm³/mol. The summed E-state index contributed by atoms with van der Waals surface area (Å²) in [6, 6.07) is 16.6. The standard InChI is InChI=1S/C32H28FN5O6S/c1-18-5-7-19(8-6-18)30-28(31(39)34-2)23-13-22(25(14-27(23)44-30)37(3)45(4,41)42)24-11-12-26-29(36-24)32(40)38(17-43-26)16-21-10-9-20(33)15-35-21/h5-15H,16-17H2,1-4H3,(H,34,39). The van der Waals surface area contributed by atoms with Crippen LogP contribution in [0.2, 0.25) is 0 Å². The van der Waals surface area contributed by atoms with Crippen LogP contribution in [-0.2, 0) is 16.6 Å². The number of nitrogens with one attached hydrogen (secondary N) is 1. The molecule has 13 heteroatoms. The number of aromatic nitrogens is 2. The van der Waals surface area contributed by atoms with Crippen LogP contribution in [0.3, 0.4) is 0 Å². The van der Waals surface area contributed by atoms with Crippen molar-refractivity contribution < 1.29 is 31.6 Å². The zero-order valence-electron chi connectivity index (χ0n) is 24.8. The molecule has 0 fully saturated rings. The first-order valence-electron chi connectivity index (χ1n) is 13.8. The van der Waals surface area contributed by atoms with Crippen molar-refractivity contribution in [1.29, 1.82) is 0 Å². The number of hydrogen-bond acceptors (Lipinski definition) is 8. The van der Waals surface area contributed by atoms with E-state index in [2.05, 4.69) is 15.3 Å². The van der Waals surface area contributed by atoms with E-state index in [-0.39, 0.29) is 47.2 Å². The lowest BCUT2D eigenvalue weighted by Crippen LogP contribution is -2.39. The summed E-state index contributed by atoms with van der Waals surface area (Å²) in [5.41, 5.74) is 3.54. The topological polar surface area (TPSA) is 135 Å². The highest BCUT2D eigenvalue weighted by Gasteiger charge is 2.30. The number of ether oxygens (including phenoxy) is 1. The molecule has 1 aliphatic rings. The first-order valence-corrected chi connectivity index (χ1v) is 15.7. The number of benzene rings is 2. The zero-order valence-corrected chi connectivity index (χ0v) is 25.6. The van der Waals surface area contributed by atoms with E-state index in [0.717, 1.165) is 22.3 Å². The van der Waals surface area contributed by atoms with Gasteiger partial charge in [0.1, 0.15) is 17.2 Å². The number of sulfonamides is 1. The Balaban J connectivity index is 1.51. The Labute approximate surface area is 258 Å². The normalized spacial score (nSPS) is 13.0.